The van der Waals surface area contributed by atoms with Crippen LogP contribution < -0.4 is 4.74 Å². The number of methoxy groups -OCH3 is 2. The molecular weight excluding hydrogens is 464 g/mol. The zero-order valence-corrected chi connectivity index (χ0v) is 19.5. The first-order chi connectivity index (χ1) is 16.2. The lowest BCUT2D eigenvalue weighted by molar-refractivity contribution is -0.135. The van der Waals surface area contributed by atoms with Gasteiger partial charge in [0.2, 0.25) is 0 Å². The number of hydrogen-bond donors (Lipinski definition) is 0. The van der Waals surface area contributed by atoms with Gasteiger partial charge in [0.1, 0.15) is 17.2 Å². The Labute approximate surface area is 199 Å². The predicted octanol–water partition coefficient (Wildman–Crippen LogP) is 4.59. The van der Waals surface area contributed by atoms with Crippen molar-refractivity contribution in [3.8, 4) is 5.75 Å². The van der Waals surface area contributed by atoms with Crippen LogP contribution in [0, 0.1) is 5.82 Å². The van der Waals surface area contributed by atoms with Crippen molar-refractivity contribution in [2.24, 2.45) is 0 Å². The third kappa shape index (κ3) is 4.65. The van der Waals surface area contributed by atoms with E-state index >= 15 is 4.39 Å². The molecule has 9 heteroatoms. The fourth-order valence-electron chi connectivity index (χ4n) is 4.20. The molecule has 6 nitrogen and oxygen atoms in total. The van der Waals surface area contributed by atoms with Gasteiger partial charge in [-0.3, -0.25) is 9.59 Å². The second-order valence-corrected chi connectivity index (χ2v) is 9.18. The summed E-state index contributed by atoms with van der Waals surface area (Å²) in [5.41, 5.74) is -0.395. The van der Waals surface area contributed by atoms with Crippen molar-refractivity contribution in [2.45, 2.75) is 24.9 Å². The van der Waals surface area contributed by atoms with Crippen LogP contribution in [0.3, 0.4) is 0 Å². The van der Waals surface area contributed by atoms with Crippen molar-refractivity contribution < 1.29 is 32.6 Å². The highest BCUT2D eigenvalue weighted by Gasteiger charge is 2.37. The minimum atomic E-state index is -1.49. The number of benzene rings is 2. The van der Waals surface area contributed by atoms with Crippen molar-refractivity contribution in [3.05, 3.63) is 64.3 Å². The molecule has 178 valence electrons. The molecule has 1 aliphatic heterocycles. The first-order valence-corrected chi connectivity index (χ1v) is 11.6. The van der Waals surface area contributed by atoms with Crippen LogP contribution in [0.25, 0.3) is 10.1 Å². The molecule has 1 aliphatic rings. The van der Waals surface area contributed by atoms with Crippen LogP contribution >= 0.6 is 11.3 Å². The Hall–Kier alpha value is -3.33. The van der Waals surface area contributed by atoms with Gasteiger partial charge in [-0.05, 0) is 42.7 Å². The summed E-state index contributed by atoms with van der Waals surface area (Å²) in [4.78, 5) is 39.0. The summed E-state index contributed by atoms with van der Waals surface area (Å²) in [5, 5.41) is 2.00. The largest absolute Gasteiger partial charge is 0.496 e. The molecule has 1 amide bonds. The number of Topliss-reactive ketones (excluding diaryl/α,β-unsaturated/α-hetero) is 1. The van der Waals surface area contributed by atoms with Gasteiger partial charge in [0, 0.05) is 40.5 Å². The van der Waals surface area contributed by atoms with E-state index < -0.39 is 17.4 Å². The highest BCUT2D eigenvalue weighted by molar-refractivity contribution is 7.17. The number of ether oxygens (including phenoxy) is 2. The molecule has 1 fully saturated rings. The van der Waals surface area contributed by atoms with Gasteiger partial charge in [0.05, 0.1) is 19.8 Å². The molecule has 0 N–H and O–H groups in total. The van der Waals surface area contributed by atoms with Crippen molar-refractivity contribution in [1.82, 2.24) is 4.90 Å². The number of nitrogens with zero attached hydrogens (tertiary/aromatic N) is 1. The first-order valence-electron chi connectivity index (χ1n) is 10.7. The quantitative estimate of drug-likeness (QED) is 0.289. The Morgan fingerprint density at radius 2 is 1.74 bits per heavy atom. The Kier molecular flexibility index (Phi) is 6.65. The van der Waals surface area contributed by atoms with Crippen LogP contribution in [0.5, 0.6) is 5.75 Å². The van der Waals surface area contributed by atoms with Gasteiger partial charge in [-0.15, -0.1) is 11.3 Å². The summed E-state index contributed by atoms with van der Waals surface area (Å²) < 4.78 is 39.2. The van der Waals surface area contributed by atoms with Gasteiger partial charge < -0.3 is 14.4 Å². The number of halogens is 2. The summed E-state index contributed by atoms with van der Waals surface area (Å²) in [5.74, 6) is -2.16. The summed E-state index contributed by atoms with van der Waals surface area (Å²) in [6.45, 7) is 0.407. The second-order valence-electron chi connectivity index (χ2n) is 8.27. The molecule has 3 aromatic rings. The second kappa shape index (κ2) is 9.50. The molecule has 4 rings (SSSR count). The monoisotopic (exact) mass is 487 g/mol. The van der Waals surface area contributed by atoms with E-state index in [1.807, 2.05) is 0 Å². The number of rotatable bonds is 6. The molecular formula is C25H23F2NO5S. The average Bonchev–Trinajstić information content (AvgIpc) is 3.26. The van der Waals surface area contributed by atoms with Crippen molar-refractivity contribution >= 4 is 39.1 Å². The number of piperidine rings is 1. The van der Waals surface area contributed by atoms with E-state index in [1.54, 1.807) is 34.5 Å². The SMILES string of the molecule is COC(=O)C(=O)c1csc2cc(OC)c(C(=O)N3CCC(F)(Cc4ccc(F)cc4)CC3)cc12. The molecule has 34 heavy (non-hydrogen) atoms. The lowest BCUT2D eigenvalue weighted by atomic mass is 9.86. The third-order valence-electron chi connectivity index (χ3n) is 6.12. The average molecular weight is 488 g/mol. The van der Waals surface area contributed by atoms with E-state index in [0.717, 1.165) is 7.11 Å². The smallest absolute Gasteiger partial charge is 0.379 e. The number of ketones is 1. The summed E-state index contributed by atoms with van der Waals surface area (Å²) in [7, 11) is 2.57. The van der Waals surface area contributed by atoms with E-state index in [1.165, 1.54) is 30.6 Å². The van der Waals surface area contributed by atoms with Crippen molar-refractivity contribution in [3.63, 3.8) is 0 Å². The van der Waals surface area contributed by atoms with Crippen LogP contribution in [0.2, 0.25) is 0 Å². The fraction of sp³-hybridized carbons (Fsp3) is 0.320. The molecule has 0 bridgehead atoms. The minimum Gasteiger partial charge on any atom is -0.496 e. The Balaban J connectivity index is 1.55. The molecule has 2 heterocycles. The topological polar surface area (TPSA) is 72.9 Å². The molecule has 1 saturated heterocycles. The van der Waals surface area contributed by atoms with E-state index in [9.17, 15) is 18.8 Å². The molecule has 0 saturated carbocycles. The first kappa shape index (κ1) is 23.8. The normalized spacial score (nSPS) is 15.2. The lowest BCUT2D eigenvalue weighted by Gasteiger charge is -2.36. The van der Waals surface area contributed by atoms with Gasteiger partial charge in [0.25, 0.3) is 11.7 Å². The molecule has 0 spiro atoms. The van der Waals surface area contributed by atoms with Crippen LogP contribution in [0.15, 0.2) is 41.8 Å². The minimum absolute atomic E-state index is 0.144. The third-order valence-corrected chi connectivity index (χ3v) is 7.07. The van der Waals surface area contributed by atoms with Gasteiger partial charge in [-0.2, -0.15) is 0 Å². The van der Waals surface area contributed by atoms with Crippen LogP contribution in [0.1, 0.15) is 39.1 Å². The van der Waals surface area contributed by atoms with Crippen LogP contribution in [-0.2, 0) is 16.0 Å². The van der Waals surface area contributed by atoms with E-state index in [4.69, 9.17) is 4.74 Å². The molecule has 2 aromatic carbocycles. The zero-order chi connectivity index (χ0) is 24.5. The maximum atomic E-state index is 15.4. The lowest BCUT2D eigenvalue weighted by Crippen LogP contribution is -2.45. The predicted molar refractivity (Wildman–Crippen MR) is 124 cm³/mol. The zero-order valence-electron chi connectivity index (χ0n) is 18.7. The number of hydrogen-bond acceptors (Lipinski definition) is 6. The Morgan fingerprint density at radius 3 is 2.35 bits per heavy atom. The van der Waals surface area contributed by atoms with E-state index in [-0.39, 0.29) is 55.2 Å². The molecule has 1 aromatic heterocycles. The highest BCUT2D eigenvalue weighted by atomic mass is 32.1. The highest BCUT2D eigenvalue weighted by Crippen LogP contribution is 2.36. The standard InChI is InChI=1S/C25H23F2NO5S/c1-32-20-12-21-17(19(14-34-21)22(29)24(31)33-2)11-18(20)23(30)28-9-7-25(27,8-10-28)13-15-3-5-16(26)6-4-15/h3-6,11-12,14H,7-10,13H2,1-2H3. The molecule has 0 unspecified atom stereocenters. The maximum absolute atomic E-state index is 15.4. The van der Waals surface area contributed by atoms with Gasteiger partial charge in [0.15, 0.2) is 0 Å². The van der Waals surface area contributed by atoms with Gasteiger partial charge in [-0.25, -0.2) is 13.6 Å². The number of amides is 1. The van der Waals surface area contributed by atoms with Crippen LogP contribution in [0.4, 0.5) is 8.78 Å². The number of carbonyl (C=O) groups excluding carboxylic acids is 3. The van der Waals surface area contributed by atoms with Gasteiger partial charge in [-0.1, -0.05) is 12.1 Å². The number of likely N-dealkylation sites (tertiary alicyclic amines) is 1. The number of fused-ring (bicyclic) bond motifs is 1. The molecule has 0 aliphatic carbocycles. The number of alkyl halides is 1. The van der Waals surface area contributed by atoms with E-state index in [0.29, 0.717) is 21.4 Å². The van der Waals surface area contributed by atoms with Gasteiger partial charge >= 0.3 is 5.97 Å². The summed E-state index contributed by atoms with van der Waals surface area (Å²) in [6, 6.07) is 8.95. The number of esters is 1. The summed E-state index contributed by atoms with van der Waals surface area (Å²) in [6.07, 6.45) is 0.439. The number of thiophene rings is 1. The number of carbonyl (C=O) groups is 3. The van der Waals surface area contributed by atoms with Crippen molar-refractivity contribution in [2.75, 3.05) is 27.3 Å². The maximum Gasteiger partial charge on any atom is 0.379 e. The molecule has 0 atom stereocenters. The van der Waals surface area contributed by atoms with Crippen LogP contribution in [-0.4, -0.2) is 55.5 Å². The van der Waals surface area contributed by atoms with Crippen molar-refractivity contribution in [1.29, 1.82) is 0 Å². The Bertz CT molecular complexity index is 1250. The Morgan fingerprint density at radius 1 is 1.06 bits per heavy atom. The molecule has 0 radical (unpaired) electrons. The van der Waals surface area contributed by atoms with E-state index in [2.05, 4.69) is 4.74 Å². The fourth-order valence-corrected chi connectivity index (χ4v) is 5.15. The summed E-state index contributed by atoms with van der Waals surface area (Å²) >= 11 is 1.25.